The Bertz CT molecular complexity index is 1120. The fourth-order valence-corrected chi connectivity index (χ4v) is 7.20. The number of allylic oxidation sites excluding steroid dienone is 10. The maximum absolute atomic E-state index is 12.8. The number of carbonyl (C=O) groups is 3. The molecule has 0 saturated heterocycles. The Labute approximate surface area is 377 Å². The van der Waals surface area contributed by atoms with E-state index in [1.54, 1.807) is 0 Å². The van der Waals surface area contributed by atoms with E-state index in [0.29, 0.717) is 19.3 Å². The van der Waals surface area contributed by atoms with Crippen molar-refractivity contribution >= 4 is 17.9 Å². The number of carbonyl (C=O) groups excluding carboxylic acids is 3. The molecule has 0 N–H and O–H groups in total. The van der Waals surface area contributed by atoms with Crippen molar-refractivity contribution in [1.82, 2.24) is 0 Å². The first-order chi connectivity index (χ1) is 30.0. The van der Waals surface area contributed by atoms with Crippen LogP contribution in [0.5, 0.6) is 0 Å². The average molecular weight is 853 g/mol. The second kappa shape index (κ2) is 49.8. The molecule has 1 atom stereocenters. The van der Waals surface area contributed by atoms with Gasteiger partial charge in [-0.2, -0.15) is 0 Å². The fraction of sp³-hybridized carbons (Fsp3) is 0.764. The summed E-state index contributed by atoms with van der Waals surface area (Å²) in [6.07, 6.45) is 60.8. The molecule has 0 rings (SSSR count). The number of unbranched alkanes of at least 4 members (excludes halogenated alkanes) is 25. The molecule has 0 aromatic heterocycles. The molecule has 0 saturated carbocycles. The summed E-state index contributed by atoms with van der Waals surface area (Å²) >= 11 is 0. The van der Waals surface area contributed by atoms with E-state index < -0.39 is 6.10 Å². The predicted molar refractivity (Wildman–Crippen MR) is 261 cm³/mol. The number of hydrogen-bond acceptors (Lipinski definition) is 6. The van der Waals surface area contributed by atoms with E-state index in [1.807, 2.05) is 0 Å². The first-order valence-electron chi connectivity index (χ1n) is 25.8. The zero-order chi connectivity index (χ0) is 44.4. The quantitative estimate of drug-likeness (QED) is 0.0263. The summed E-state index contributed by atoms with van der Waals surface area (Å²) in [7, 11) is 0. The van der Waals surface area contributed by atoms with Crippen molar-refractivity contribution < 1.29 is 28.6 Å². The van der Waals surface area contributed by atoms with E-state index in [-0.39, 0.29) is 31.1 Å². The van der Waals surface area contributed by atoms with Crippen molar-refractivity contribution in [2.45, 2.75) is 258 Å². The van der Waals surface area contributed by atoms with Crippen LogP contribution in [0.15, 0.2) is 60.8 Å². The topological polar surface area (TPSA) is 78.9 Å². The van der Waals surface area contributed by atoms with Crippen LogP contribution in [0.1, 0.15) is 252 Å². The summed E-state index contributed by atoms with van der Waals surface area (Å²) in [4.78, 5) is 37.9. The SMILES string of the molecule is CC/C=C\C/C=C\C/C=C\CCCCCCCCC(=O)OC(COC(=O)CCCC/C=C\C/C=C\CC)COC(=O)CCCCCCCCCCCCCCCCCCCC. The summed E-state index contributed by atoms with van der Waals surface area (Å²) in [5.41, 5.74) is 0. The van der Waals surface area contributed by atoms with Crippen LogP contribution in [-0.2, 0) is 28.6 Å². The van der Waals surface area contributed by atoms with E-state index in [9.17, 15) is 14.4 Å². The molecular formula is C55H96O6. The first-order valence-corrected chi connectivity index (χ1v) is 25.8. The molecule has 6 heteroatoms. The molecule has 0 aliphatic carbocycles. The van der Waals surface area contributed by atoms with Crippen LogP contribution in [-0.4, -0.2) is 37.2 Å². The molecule has 0 spiro atoms. The minimum absolute atomic E-state index is 0.0881. The number of hydrogen-bond donors (Lipinski definition) is 0. The van der Waals surface area contributed by atoms with Crippen molar-refractivity contribution in [2.75, 3.05) is 13.2 Å². The largest absolute Gasteiger partial charge is 0.462 e. The molecule has 61 heavy (non-hydrogen) atoms. The van der Waals surface area contributed by atoms with E-state index in [1.165, 1.54) is 109 Å². The highest BCUT2D eigenvalue weighted by molar-refractivity contribution is 5.71. The predicted octanol–water partition coefficient (Wildman–Crippen LogP) is 16.9. The van der Waals surface area contributed by atoms with Crippen LogP contribution < -0.4 is 0 Å². The monoisotopic (exact) mass is 853 g/mol. The molecule has 0 aromatic rings. The normalized spacial score (nSPS) is 12.5. The number of rotatable bonds is 46. The highest BCUT2D eigenvalue weighted by Gasteiger charge is 2.19. The van der Waals surface area contributed by atoms with Gasteiger partial charge in [0.15, 0.2) is 6.10 Å². The maximum atomic E-state index is 12.8. The zero-order valence-electron chi connectivity index (χ0n) is 40.2. The van der Waals surface area contributed by atoms with Crippen molar-refractivity contribution in [1.29, 1.82) is 0 Å². The Morgan fingerprint density at radius 1 is 0.344 bits per heavy atom. The maximum Gasteiger partial charge on any atom is 0.306 e. The molecule has 0 fully saturated rings. The van der Waals surface area contributed by atoms with Gasteiger partial charge >= 0.3 is 17.9 Å². The Hall–Kier alpha value is -2.89. The van der Waals surface area contributed by atoms with Crippen LogP contribution in [0.4, 0.5) is 0 Å². The van der Waals surface area contributed by atoms with Crippen molar-refractivity contribution in [3.05, 3.63) is 60.8 Å². The lowest BCUT2D eigenvalue weighted by Gasteiger charge is -2.18. The summed E-state index contributed by atoms with van der Waals surface area (Å²) in [5.74, 6) is -0.935. The van der Waals surface area contributed by atoms with Gasteiger partial charge in [-0.25, -0.2) is 0 Å². The van der Waals surface area contributed by atoms with Crippen molar-refractivity contribution in [2.24, 2.45) is 0 Å². The lowest BCUT2D eigenvalue weighted by atomic mass is 10.0. The van der Waals surface area contributed by atoms with E-state index in [2.05, 4.69) is 81.5 Å². The molecule has 352 valence electrons. The second-order valence-corrected chi connectivity index (χ2v) is 17.0. The van der Waals surface area contributed by atoms with Crippen LogP contribution in [0.25, 0.3) is 0 Å². The Kier molecular flexibility index (Phi) is 47.4. The van der Waals surface area contributed by atoms with Gasteiger partial charge in [0.2, 0.25) is 0 Å². The lowest BCUT2D eigenvalue weighted by molar-refractivity contribution is -0.167. The Morgan fingerprint density at radius 3 is 1.03 bits per heavy atom. The molecule has 0 bridgehead atoms. The molecule has 0 aliphatic rings. The van der Waals surface area contributed by atoms with Gasteiger partial charge in [0.1, 0.15) is 13.2 Å². The van der Waals surface area contributed by atoms with Crippen LogP contribution in [0.2, 0.25) is 0 Å². The molecule has 0 amide bonds. The van der Waals surface area contributed by atoms with Gasteiger partial charge in [-0.15, -0.1) is 0 Å². The summed E-state index contributed by atoms with van der Waals surface area (Å²) in [5, 5.41) is 0. The van der Waals surface area contributed by atoms with E-state index >= 15 is 0 Å². The van der Waals surface area contributed by atoms with Gasteiger partial charge in [-0.1, -0.05) is 216 Å². The van der Waals surface area contributed by atoms with E-state index in [4.69, 9.17) is 14.2 Å². The van der Waals surface area contributed by atoms with Crippen LogP contribution in [0.3, 0.4) is 0 Å². The Morgan fingerprint density at radius 2 is 0.639 bits per heavy atom. The van der Waals surface area contributed by atoms with Gasteiger partial charge in [0.05, 0.1) is 0 Å². The van der Waals surface area contributed by atoms with Gasteiger partial charge in [-0.05, 0) is 77.0 Å². The first kappa shape index (κ1) is 58.1. The Balaban J connectivity index is 4.32. The molecule has 0 aromatic carbocycles. The highest BCUT2D eigenvalue weighted by Crippen LogP contribution is 2.16. The van der Waals surface area contributed by atoms with E-state index in [0.717, 1.165) is 103 Å². The molecule has 0 heterocycles. The third-order valence-corrected chi connectivity index (χ3v) is 11.0. The van der Waals surface area contributed by atoms with Crippen molar-refractivity contribution in [3.63, 3.8) is 0 Å². The molecule has 0 aliphatic heterocycles. The summed E-state index contributed by atoms with van der Waals surface area (Å²) in [6, 6.07) is 0. The minimum Gasteiger partial charge on any atom is -0.462 e. The lowest BCUT2D eigenvalue weighted by Crippen LogP contribution is -2.30. The highest BCUT2D eigenvalue weighted by atomic mass is 16.6. The van der Waals surface area contributed by atoms with Gasteiger partial charge < -0.3 is 14.2 Å². The standard InChI is InChI=1S/C55H96O6/c1-4-7-10-13-16-19-21-23-25-27-28-30-31-33-36-39-42-45-48-54(57)60-51-52(50-59-53(56)47-44-41-38-35-18-15-12-9-6-3)61-55(58)49-46-43-40-37-34-32-29-26-24-22-20-17-14-11-8-5-2/h8-9,11-12,17-18,20,24,26,35,52H,4-7,10,13-16,19,21-23,25,27-34,36-51H2,1-3H3/b11-8-,12-9-,20-17-,26-24-,35-18-. The third-order valence-electron chi connectivity index (χ3n) is 11.0. The van der Waals surface area contributed by atoms with Crippen LogP contribution in [0, 0.1) is 0 Å². The summed E-state index contributed by atoms with van der Waals surface area (Å²) in [6.45, 7) is 6.38. The smallest absolute Gasteiger partial charge is 0.306 e. The number of esters is 3. The fourth-order valence-electron chi connectivity index (χ4n) is 7.20. The second-order valence-electron chi connectivity index (χ2n) is 17.0. The third kappa shape index (κ3) is 48.0. The van der Waals surface area contributed by atoms with Gasteiger partial charge in [0, 0.05) is 19.3 Å². The van der Waals surface area contributed by atoms with Gasteiger partial charge in [0.25, 0.3) is 0 Å². The number of ether oxygens (including phenoxy) is 3. The van der Waals surface area contributed by atoms with Gasteiger partial charge in [-0.3, -0.25) is 14.4 Å². The molecular weight excluding hydrogens is 757 g/mol. The molecule has 6 nitrogen and oxygen atoms in total. The minimum atomic E-state index is -0.790. The average Bonchev–Trinajstić information content (AvgIpc) is 3.26. The molecule has 1 unspecified atom stereocenters. The summed E-state index contributed by atoms with van der Waals surface area (Å²) < 4.78 is 16.7. The van der Waals surface area contributed by atoms with Crippen LogP contribution >= 0.6 is 0 Å². The van der Waals surface area contributed by atoms with Crippen molar-refractivity contribution in [3.8, 4) is 0 Å². The zero-order valence-corrected chi connectivity index (χ0v) is 40.2. The molecule has 0 radical (unpaired) electrons.